The molecule has 0 aromatic carbocycles. The van der Waals surface area contributed by atoms with Crippen LogP contribution in [-0.4, -0.2) is 30.0 Å². The fraction of sp³-hybridized carbons (Fsp3) is 0.923. The smallest absolute Gasteiger partial charge is 0.407 e. The minimum atomic E-state index is -0.472. The largest absolute Gasteiger partial charge is 0.450 e. The second-order valence-corrected chi connectivity index (χ2v) is 6.12. The molecule has 2 aliphatic rings. The number of carbonyl (C=O) groups is 1. The predicted octanol–water partition coefficient (Wildman–Crippen LogP) is 1.92. The zero-order chi connectivity index (χ0) is 12.8. The van der Waals surface area contributed by atoms with Gasteiger partial charge in [0.05, 0.1) is 18.8 Å². The van der Waals surface area contributed by atoms with Crippen LogP contribution in [0.3, 0.4) is 0 Å². The fourth-order valence-electron chi connectivity index (χ4n) is 3.82. The van der Waals surface area contributed by atoms with E-state index < -0.39 is 12.2 Å². The summed E-state index contributed by atoms with van der Waals surface area (Å²) in [6.45, 7) is 8.66. The Kier molecular flexibility index (Phi) is 2.89. The molecule has 2 aliphatic carbocycles. The zero-order valence-electron chi connectivity index (χ0n) is 11.1. The predicted molar refractivity (Wildman–Crippen MR) is 64.6 cm³/mol. The molecule has 4 heteroatoms. The van der Waals surface area contributed by atoms with Crippen molar-refractivity contribution < 1.29 is 14.6 Å². The zero-order valence-corrected chi connectivity index (χ0v) is 11.1. The summed E-state index contributed by atoms with van der Waals surface area (Å²) in [7, 11) is 0. The number of ether oxygens (including phenoxy) is 1. The summed E-state index contributed by atoms with van der Waals surface area (Å²) in [6.07, 6.45) is 1.22. The highest BCUT2D eigenvalue weighted by molar-refractivity contribution is 5.68. The van der Waals surface area contributed by atoms with Gasteiger partial charge in [0.15, 0.2) is 0 Å². The van der Waals surface area contributed by atoms with E-state index in [-0.39, 0.29) is 16.9 Å². The molecule has 4 nitrogen and oxygen atoms in total. The Labute approximate surface area is 103 Å². The van der Waals surface area contributed by atoms with Crippen LogP contribution in [-0.2, 0) is 4.74 Å². The van der Waals surface area contributed by atoms with Crippen molar-refractivity contribution >= 4 is 6.09 Å². The molecule has 17 heavy (non-hydrogen) atoms. The van der Waals surface area contributed by atoms with Gasteiger partial charge in [-0.05, 0) is 31.1 Å². The van der Waals surface area contributed by atoms with E-state index >= 15 is 0 Å². The van der Waals surface area contributed by atoms with E-state index in [2.05, 4.69) is 26.1 Å². The molecule has 1 amide bonds. The van der Waals surface area contributed by atoms with Gasteiger partial charge in [0.25, 0.3) is 0 Å². The molecule has 0 spiro atoms. The highest BCUT2D eigenvalue weighted by Gasteiger charge is 2.66. The van der Waals surface area contributed by atoms with E-state index in [9.17, 15) is 9.90 Å². The average molecular weight is 241 g/mol. The van der Waals surface area contributed by atoms with Crippen LogP contribution in [0, 0.1) is 16.7 Å². The normalized spacial score (nSPS) is 42.5. The summed E-state index contributed by atoms with van der Waals surface area (Å²) in [5, 5.41) is 13.3. The highest BCUT2D eigenvalue weighted by Crippen LogP contribution is 2.65. The Hall–Kier alpha value is -0.770. The quantitative estimate of drug-likeness (QED) is 0.776. The molecule has 98 valence electrons. The van der Waals surface area contributed by atoms with Crippen LogP contribution < -0.4 is 5.32 Å². The lowest BCUT2D eigenvalue weighted by Gasteiger charge is -2.37. The van der Waals surface area contributed by atoms with Crippen molar-refractivity contribution in [3.8, 4) is 0 Å². The summed E-state index contributed by atoms with van der Waals surface area (Å²) in [5.74, 6) is 0.340. The number of carbonyl (C=O) groups excluding carboxylic acids is 1. The van der Waals surface area contributed by atoms with Crippen LogP contribution in [0.5, 0.6) is 0 Å². The van der Waals surface area contributed by atoms with Gasteiger partial charge in [0.2, 0.25) is 0 Å². The summed E-state index contributed by atoms with van der Waals surface area (Å²) in [4.78, 5) is 11.5. The fourth-order valence-corrected chi connectivity index (χ4v) is 3.82. The van der Waals surface area contributed by atoms with Crippen LogP contribution >= 0.6 is 0 Å². The van der Waals surface area contributed by atoms with Crippen molar-refractivity contribution in [2.45, 2.75) is 52.7 Å². The minimum absolute atomic E-state index is 0.0660. The molecule has 2 fully saturated rings. The lowest BCUT2D eigenvalue weighted by atomic mass is 9.70. The third kappa shape index (κ3) is 1.57. The summed E-state index contributed by atoms with van der Waals surface area (Å²) in [6, 6.07) is -0.164. The van der Waals surface area contributed by atoms with Crippen molar-refractivity contribution in [3.05, 3.63) is 0 Å². The Morgan fingerprint density at radius 3 is 2.59 bits per heavy atom. The van der Waals surface area contributed by atoms with Gasteiger partial charge in [-0.3, -0.25) is 0 Å². The number of alkyl carbamates (subject to hydrolysis) is 1. The van der Waals surface area contributed by atoms with E-state index in [1.807, 2.05) is 0 Å². The number of rotatable bonds is 2. The van der Waals surface area contributed by atoms with Crippen molar-refractivity contribution in [1.29, 1.82) is 0 Å². The number of aliphatic hydroxyl groups excluding tert-OH is 1. The molecule has 2 rings (SSSR count). The second kappa shape index (κ2) is 3.87. The second-order valence-electron chi connectivity index (χ2n) is 6.12. The van der Waals surface area contributed by atoms with Crippen LogP contribution in [0.25, 0.3) is 0 Å². The lowest BCUT2D eigenvalue weighted by molar-refractivity contribution is -0.0000977. The Balaban J connectivity index is 2.14. The van der Waals surface area contributed by atoms with Gasteiger partial charge in [-0.1, -0.05) is 20.8 Å². The molecular weight excluding hydrogens is 218 g/mol. The first-order chi connectivity index (χ1) is 7.84. The van der Waals surface area contributed by atoms with Gasteiger partial charge in [0, 0.05) is 5.41 Å². The van der Waals surface area contributed by atoms with Gasteiger partial charge in [-0.25, -0.2) is 4.79 Å². The minimum Gasteiger partial charge on any atom is -0.450 e. The Morgan fingerprint density at radius 1 is 1.47 bits per heavy atom. The molecule has 0 aliphatic heterocycles. The number of fused-ring (bicyclic) bond motifs is 2. The van der Waals surface area contributed by atoms with Gasteiger partial charge >= 0.3 is 6.09 Å². The van der Waals surface area contributed by atoms with Crippen LogP contribution in [0.2, 0.25) is 0 Å². The molecule has 2 N–H and O–H groups in total. The van der Waals surface area contributed by atoms with Crippen LogP contribution in [0.1, 0.15) is 40.5 Å². The number of hydrogen-bond acceptors (Lipinski definition) is 3. The number of amides is 1. The molecule has 2 saturated carbocycles. The maximum Gasteiger partial charge on any atom is 0.407 e. The third-order valence-corrected chi connectivity index (χ3v) is 5.36. The molecule has 0 aromatic rings. The van der Waals surface area contributed by atoms with E-state index in [4.69, 9.17) is 4.74 Å². The van der Waals surface area contributed by atoms with Gasteiger partial charge < -0.3 is 15.2 Å². The monoisotopic (exact) mass is 241 g/mol. The van der Waals surface area contributed by atoms with Crippen LogP contribution in [0.15, 0.2) is 0 Å². The highest BCUT2D eigenvalue weighted by atomic mass is 16.5. The van der Waals surface area contributed by atoms with Gasteiger partial charge in [0.1, 0.15) is 0 Å². The first-order valence-corrected chi connectivity index (χ1v) is 6.46. The first kappa shape index (κ1) is 12.7. The van der Waals surface area contributed by atoms with Crippen molar-refractivity contribution in [2.24, 2.45) is 16.7 Å². The maximum absolute atomic E-state index is 11.5. The van der Waals surface area contributed by atoms with Crippen molar-refractivity contribution in [2.75, 3.05) is 6.61 Å². The third-order valence-electron chi connectivity index (χ3n) is 5.36. The molecule has 2 bridgehead atoms. The van der Waals surface area contributed by atoms with Gasteiger partial charge in [-0.2, -0.15) is 0 Å². The number of nitrogens with one attached hydrogen (secondary N) is 1. The Bertz CT molecular complexity index is 329. The van der Waals surface area contributed by atoms with E-state index in [0.29, 0.717) is 12.5 Å². The van der Waals surface area contributed by atoms with E-state index in [1.54, 1.807) is 6.92 Å². The Morgan fingerprint density at radius 2 is 2.12 bits per heavy atom. The molecule has 0 radical (unpaired) electrons. The molecule has 0 unspecified atom stereocenters. The average Bonchev–Trinajstić information content (AvgIpc) is 2.53. The van der Waals surface area contributed by atoms with Crippen molar-refractivity contribution in [3.63, 3.8) is 0 Å². The van der Waals surface area contributed by atoms with Crippen molar-refractivity contribution in [1.82, 2.24) is 5.32 Å². The molecule has 0 heterocycles. The number of hydrogen-bond donors (Lipinski definition) is 2. The molecule has 0 aromatic heterocycles. The SMILES string of the molecule is CCOC(=O)N[C@@H]1[C@@H](O)[C@]2(C)CC[C@@H]1C2(C)C. The number of aliphatic hydroxyl groups is 1. The van der Waals surface area contributed by atoms with Crippen LogP contribution in [0.4, 0.5) is 4.79 Å². The standard InChI is InChI=1S/C13H23NO3/c1-5-17-11(16)14-9-8-6-7-13(4,10(9)15)12(8,2)3/h8-10,15H,5-7H2,1-4H3,(H,14,16)/t8-,9-,10+,13-/m0/s1. The van der Waals surface area contributed by atoms with Gasteiger partial charge in [-0.15, -0.1) is 0 Å². The van der Waals surface area contributed by atoms with E-state index in [1.165, 1.54) is 0 Å². The summed E-state index contributed by atoms with van der Waals surface area (Å²) in [5.41, 5.74) is -0.0294. The molecule has 4 atom stereocenters. The summed E-state index contributed by atoms with van der Waals surface area (Å²) >= 11 is 0. The molecular formula is C13H23NO3. The lowest BCUT2D eigenvalue weighted by Crippen LogP contribution is -2.49. The molecule has 0 saturated heterocycles. The first-order valence-electron chi connectivity index (χ1n) is 6.46. The summed E-state index contributed by atoms with van der Waals surface area (Å²) < 4.78 is 4.90. The van der Waals surface area contributed by atoms with E-state index in [0.717, 1.165) is 12.8 Å². The topological polar surface area (TPSA) is 58.6 Å². The maximum atomic E-state index is 11.5.